The SMILES string of the molecule is CCCCCn1nc(C(=O)N(CCC)CCC)c2ccccc2c1=O. The monoisotopic (exact) mass is 343 g/mol. The summed E-state index contributed by atoms with van der Waals surface area (Å²) in [4.78, 5) is 27.6. The molecule has 0 aliphatic carbocycles. The van der Waals surface area contributed by atoms with Crippen LogP contribution in [0.3, 0.4) is 0 Å². The van der Waals surface area contributed by atoms with Crippen LogP contribution in [0.1, 0.15) is 63.4 Å². The lowest BCUT2D eigenvalue weighted by Gasteiger charge is -2.22. The quantitative estimate of drug-likeness (QED) is 0.650. The molecule has 0 fully saturated rings. The van der Waals surface area contributed by atoms with Gasteiger partial charge in [0.2, 0.25) is 0 Å². The number of amides is 1. The molecule has 5 nitrogen and oxygen atoms in total. The summed E-state index contributed by atoms with van der Waals surface area (Å²) >= 11 is 0. The average Bonchev–Trinajstić information content (AvgIpc) is 2.63. The Morgan fingerprint density at radius 2 is 1.64 bits per heavy atom. The predicted octanol–water partition coefficient (Wildman–Crippen LogP) is 3.85. The van der Waals surface area contributed by atoms with Gasteiger partial charge in [0, 0.05) is 25.0 Å². The van der Waals surface area contributed by atoms with Gasteiger partial charge in [0.1, 0.15) is 0 Å². The lowest BCUT2D eigenvalue weighted by Crippen LogP contribution is -2.35. The highest BCUT2D eigenvalue weighted by atomic mass is 16.2. The molecule has 0 aliphatic heterocycles. The van der Waals surface area contributed by atoms with Gasteiger partial charge in [-0.15, -0.1) is 0 Å². The first-order valence-corrected chi connectivity index (χ1v) is 9.43. The van der Waals surface area contributed by atoms with Gasteiger partial charge < -0.3 is 4.90 Å². The fraction of sp³-hybridized carbons (Fsp3) is 0.550. The van der Waals surface area contributed by atoms with Crippen molar-refractivity contribution in [3.63, 3.8) is 0 Å². The topological polar surface area (TPSA) is 55.2 Å². The Kier molecular flexibility index (Phi) is 7.16. The molecule has 25 heavy (non-hydrogen) atoms. The van der Waals surface area contributed by atoms with Crippen LogP contribution in [-0.4, -0.2) is 33.7 Å². The van der Waals surface area contributed by atoms with Gasteiger partial charge in [0.25, 0.3) is 11.5 Å². The molecule has 1 amide bonds. The number of fused-ring (bicyclic) bond motifs is 1. The lowest BCUT2D eigenvalue weighted by atomic mass is 10.1. The van der Waals surface area contributed by atoms with E-state index in [1.165, 1.54) is 4.68 Å². The van der Waals surface area contributed by atoms with Crippen LogP contribution in [0.15, 0.2) is 29.1 Å². The summed E-state index contributed by atoms with van der Waals surface area (Å²) in [6, 6.07) is 7.30. The van der Waals surface area contributed by atoms with E-state index in [4.69, 9.17) is 0 Å². The Morgan fingerprint density at radius 1 is 1.00 bits per heavy atom. The summed E-state index contributed by atoms with van der Waals surface area (Å²) in [6.07, 6.45) is 4.82. The number of unbranched alkanes of at least 4 members (excludes halogenated alkanes) is 2. The molecule has 0 N–H and O–H groups in total. The van der Waals surface area contributed by atoms with Crippen molar-refractivity contribution in [3.05, 3.63) is 40.3 Å². The Balaban J connectivity index is 2.51. The van der Waals surface area contributed by atoms with E-state index in [2.05, 4.69) is 25.9 Å². The van der Waals surface area contributed by atoms with E-state index in [9.17, 15) is 9.59 Å². The summed E-state index contributed by atoms with van der Waals surface area (Å²) in [5, 5.41) is 5.70. The normalized spacial score (nSPS) is 11.0. The molecule has 0 saturated carbocycles. The second-order valence-corrected chi connectivity index (χ2v) is 6.42. The molecule has 5 heteroatoms. The van der Waals surface area contributed by atoms with Crippen LogP contribution >= 0.6 is 0 Å². The summed E-state index contributed by atoms with van der Waals surface area (Å²) in [5.41, 5.74) is 0.286. The number of aromatic nitrogens is 2. The van der Waals surface area contributed by atoms with Gasteiger partial charge >= 0.3 is 0 Å². The van der Waals surface area contributed by atoms with Crippen molar-refractivity contribution in [3.8, 4) is 0 Å². The van der Waals surface area contributed by atoms with Crippen LogP contribution in [0.4, 0.5) is 0 Å². The number of carbonyl (C=O) groups excluding carboxylic acids is 1. The van der Waals surface area contributed by atoms with E-state index < -0.39 is 0 Å². The van der Waals surface area contributed by atoms with Gasteiger partial charge in [-0.05, 0) is 25.3 Å². The van der Waals surface area contributed by atoms with E-state index in [0.717, 1.165) is 32.1 Å². The van der Waals surface area contributed by atoms with Crippen molar-refractivity contribution >= 4 is 16.7 Å². The molecule has 0 bridgehead atoms. The van der Waals surface area contributed by atoms with Gasteiger partial charge in [-0.1, -0.05) is 51.8 Å². The van der Waals surface area contributed by atoms with Crippen molar-refractivity contribution in [2.45, 2.75) is 59.4 Å². The summed E-state index contributed by atoms with van der Waals surface area (Å²) in [7, 11) is 0. The molecule has 2 rings (SSSR count). The Labute approximate surface area is 149 Å². The Hall–Kier alpha value is -2.17. The van der Waals surface area contributed by atoms with Gasteiger partial charge in [-0.2, -0.15) is 5.10 Å². The Morgan fingerprint density at radius 3 is 2.24 bits per heavy atom. The molecule has 1 aromatic heterocycles. The zero-order chi connectivity index (χ0) is 18.2. The predicted molar refractivity (Wildman–Crippen MR) is 102 cm³/mol. The van der Waals surface area contributed by atoms with E-state index in [0.29, 0.717) is 36.1 Å². The second kappa shape index (κ2) is 9.35. The first-order chi connectivity index (χ1) is 12.1. The van der Waals surface area contributed by atoms with Gasteiger partial charge in [0.15, 0.2) is 5.69 Å². The van der Waals surface area contributed by atoms with Crippen molar-refractivity contribution in [2.75, 3.05) is 13.1 Å². The van der Waals surface area contributed by atoms with Gasteiger partial charge in [0.05, 0.1) is 5.39 Å². The second-order valence-electron chi connectivity index (χ2n) is 6.42. The lowest BCUT2D eigenvalue weighted by molar-refractivity contribution is 0.0749. The van der Waals surface area contributed by atoms with Crippen LogP contribution in [-0.2, 0) is 6.54 Å². The third kappa shape index (κ3) is 4.47. The summed E-state index contributed by atoms with van der Waals surface area (Å²) < 4.78 is 1.47. The molecule has 0 saturated heterocycles. The maximum absolute atomic E-state index is 13.1. The highest BCUT2D eigenvalue weighted by Crippen LogP contribution is 2.16. The third-order valence-corrected chi connectivity index (χ3v) is 4.32. The maximum Gasteiger partial charge on any atom is 0.274 e. The number of carbonyl (C=O) groups is 1. The summed E-state index contributed by atoms with van der Waals surface area (Å²) in [6.45, 7) is 8.22. The molecule has 0 aliphatic rings. The average molecular weight is 343 g/mol. The molecule has 0 radical (unpaired) electrons. The van der Waals surface area contributed by atoms with Gasteiger partial charge in [-0.25, -0.2) is 4.68 Å². The smallest absolute Gasteiger partial charge is 0.274 e. The highest BCUT2D eigenvalue weighted by Gasteiger charge is 2.21. The van der Waals surface area contributed by atoms with Crippen LogP contribution in [0.5, 0.6) is 0 Å². The molecular weight excluding hydrogens is 314 g/mol. The molecule has 0 unspecified atom stereocenters. The molecule has 0 atom stereocenters. The first kappa shape index (κ1) is 19.2. The molecular formula is C20H29N3O2. The zero-order valence-corrected chi connectivity index (χ0v) is 15.6. The minimum atomic E-state index is -0.110. The highest BCUT2D eigenvalue weighted by molar-refractivity contribution is 6.04. The van der Waals surface area contributed by atoms with Crippen LogP contribution in [0.25, 0.3) is 10.8 Å². The standard InChI is InChI=1S/C20H29N3O2/c1-4-7-10-15-23-19(24)17-12-9-8-11-16(17)18(21-23)20(25)22(13-5-2)14-6-3/h8-9,11-12H,4-7,10,13-15H2,1-3H3. The Bertz CT molecular complexity index is 761. The van der Waals surface area contributed by atoms with Crippen LogP contribution < -0.4 is 5.56 Å². The number of benzene rings is 1. The van der Waals surface area contributed by atoms with Crippen LogP contribution in [0, 0.1) is 0 Å². The van der Waals surface area contributed by atoms with E-state index in [1.807, 2.05) is 23.1 Å². The number of hydrogen-bond acceptors (Lipinski definition) is 3. The fourth-order valence-corrected chi connectivity index (χ4v) is 3.06. The van der Waals surface area contributed by atoms with Crippen LogP contribution in [0.2, 0.25) is 0 Å². The number of rotatable bonds is 9. The zero-order valence-electron chi connectivity index (χ0n) is 15.6. The molecule has 2 aromatic rings. The van der Waals surface area contributed by atoms with E-state index >= 15 is 0 Å². The van der Waals surface area contributed by atoms with E-state index in [-0.39, 0.29) is 11.5 Å². The minimum Gasteiger partial charge on any atom is -0.337 e. The third-order valence-electron chi connectivity index (χ3n) is 4.32. The molecule has 0 spiro atoms. The first-order valence-electron chi connectivity index (χ1n) is 9.43. The maximum atomic E-state index is 13.1. The van der Waals surface area contributed by atoms with Crippen molar-refractivity contribution in [1.82, 2.24) is 14.7 Å². The van der Waals surface area contributed by atoms with Gasteiger partial charge in [-0.3, -0.25) is 9.59 Å². The molecule has 1 heterocycles. The van der Waals surface area contributed by atoms with Crippen molar-refractivity contribution in [1.29, 1.82) is 0 Å². The minimum absolute atomic E-state index is 0.0795. The number of hydrogen-bond donors (Lipinski definition) is 0. The number of aryl methyl sites for hydroxylation is 1. The number of nitrogens with zero attached hydrogens (tertiary/aromatic N) is 3. The van der Waals surface area contributed by atoms with Crippen molar-refractivity contribution < 1.29 is 4.79 Å². The molecule has 1 aromatic carbocycles. The molecule has 136 valence electrons. The van der Waals surface area contributed by atoms with E-state index in [1.54, 1.807) is 6.07 Å². The van der Waals surface area contributed by atoms with Crippen molar-refractivity contribution in [2.24, 2.45) is 0 Å². The summed E-state index contributed by atoms with van der Waals surface area (Å²) in [5.74, 6) is -0.0795. The fourth-order valence-electron chi connectivity index (χ4n) is 3.06. The largest absolute Gasteiger partial charge is 0.337 e.